The van der Waals surface area contributed by atoms with Crippen molar-refractivity contribution in [1.82, 2.24) is 0 Å². The summed E-state index contributed by atoms with van der Waals surface area (Å²) in [5.41, 5.74) is 2.23. The Labute approximate surface area is 189 Å². The molecule has 0 atom stereocenters. The van der Waals surface area contributed by atoms with Crippen molar-refractivity contribution in [2.24, 2.45) is 0 Å². The fourth-order valence-corrected chi connectivity index (χ4v) is 3.78. The van der Waals surface area contributed by atoms with Gasteiger partial charge in [0, 0.05) is 17.8 Å². The third-order valence-electron chi connectivity index (χ3n) is 5.30. The predicted octanol–water partition coefficient (Wildman–Crippen LogP) is 4.56. The van der Waals surface area contributed by atoms with Crippen molar-refractivity contribution in [2.45, 2.75) is 6.92 Å². The van der Waals surface area contributed by atoms with Crippen LogP contribution in [-0.4, -0.2) is 25.7 Å². The number of aryl methyl sites for hydroxylation is 1. The van der Waals surface area contributed by atoms with Crippen LogP contribution in [0.3, 0.4) is 0 Å². The van der Waals surface area contributed by atoms with Gasteiger partial charge < -0.3 is 23.9 Å². The number of nitrogens with one attached hydrogen (secondary N) is 1. The van der Waals surface area contributed by atoms with Gasteiger partial charge in [-0.3, -0.25) is 9.59 Å². The Morgan fingerprint density at radius 2 is 1.76 bits per heavy atom. The molecule has 0 unspecified atom stereocenters. The number of ether oxygens (including phenoxy) is 3. The molecule has 1 aliphatic rings. The van der Waals surface area contributed by atoms with E-state index in [2.05, 4.69) is 5.32 Å². The summed E-state index contributed by atoms with van der Waals surface area (Å²) < 4.78 is 22.6. The fraction of sp³-hybridized carbons (Fsp3) is 0.154. The first kappa shape index (κ1) is 20.6. The number of carbonyl (C=O) groups excluding carboxylic acids is 1. The number of amides is 1. The highest BCUT2D eigenvalue weighted by atomic mass is 16.6. The zero-order valence-electron chi connectivity index (χ0n) is 17.9. The number of carbonyl (C=O) groups is 1. The highest BCUT2D eigenvalue weighted by Crippen LogP contribution is 2.32. The van der Waals surface area contributed by atoms with Crippen LogP contribution in [0.15, 0.2) is 75.9 Å². The highest BCUT2D eigenvalue weighted by Gasteiger charge is 2.15. The van der Waals surface area contributed by atoms with Crippen molar-refractivity contribution in [1.29, 1.82) is 0 Å². The molecule has 7 nitrogen and oxygen atoms in total. The van der Waals surface area contributed by atoms with Crippen LogP contribution in [0.1, 0.15) is 5.76 Å². The van der Waals surface area contributed by atoms with E-state index in [4.69, 9.17) is 18.6 Å². The SMILES string of the molecule is Cc1oc2cc(OCC(=O)Nc3ccc4c(c3)OCCO4)ccc2c(=O)c1-c1ccccc1. The second-order valence-corrected chi connectivity index (χ2v) is 7.58. The lowest BCUT2D eigenvalue weighted by atomic mass is 10.0. The molecular formula is C26H21NO6. The van der Waals surface area contributed by atoms with Gasteiger partial charge in [0.2, 0.25) is 5.43 Å². The summed E-state index contributed by atoms with van der Waals surface area (Å²) in [6, 6.07) is 19.5. The normalized spacial score (nSPS) is 12.4. The topological polar surface area (TPSA) is 87.0 Å². The van der Waals surface area contributed by atoms with Gasteiger partial charge in [0.05, 0.1) is 10.9 Å². The van der Waals surface area contributed by atoms with Crippen LogP contribution in [0.4, 0.5) is 5.69 Å². The number of fused-ring (bicyclic) bond motifs is 2. The second kappa shape index (κ2) is 8.70. The zero-order chi connectivity index (χ0) is 22.8. The van der Waals surface area contributed by atoms with Crippen molar-refractivity contribution in [3.8, 4) is 28.4 Å². The van der Waals surface area contributed by atoms with Gasteiger partial charge in [0.1, 0.15) is 30.3 Å². The molecule has 0 saturated heterocycles. The van der Waals surface area contributed by atoms with E-state index in [1.54, 1.807) is 43.3 Å². The molecule has 0 saturated carbocycles. The maximum atomic E-state index is 13.0. The summed E-state index contributed by atoms with van der Waals surface area (Å²) in [5.74, 6) is 1.86. The highest BCUT2D eigenvalue weighted by molar-refractivity contribution is 5.92. The number of rotatable bonds is 5. The first-order valence-corrected chi connectivity index (χ1v) is 10.5. The van der Waals surface area contributed by atoms with Crippen LogP contribution in [0.2, 0.25) is 0 Å². The van der Waals surface area contributed by atoms with Crippen LogP contribution in [0.5, 0.6) is 17.2 Å². The quantitative estimate of drug-likeness (QED) is 0.487. The Kier molecular flexibility index (Phi) is 5.44. The molecule has 1 aliphatic heterocycles. The second-order valence-electron chi connectivity index (χ2n) is 7.58. The minimum absolute atomic E-state index is 0.108. The largest absolute Gasteiger partial charge is 0.486 e. The van der Waals surface area contributed by atoms with E-state index in [9.17, 15) is 9.59 Å². The lowest BCUT2D eigenvalue weighted by Gasteiger charge is -2.19. The van der Waals surface area contributed by atoms with Gasteiger partial charge in [-0.2, -0.15) is 0 Å². The van der Waals surface area contributed by atoms with E-state index in [0.29, 0.717) is 58.4 Å². The van der Waals surface area contributed by atoms with E-state index in [-0.39, 0.29) is 17.9 Å². The van der Waals surface area contributed by atoms with Gasteiger partial charge in [-0.15, -0.1) is 0 Å². The lowest BCUT2D eigenvalue weighted by molar-refractivity contribution is -0.118. The Bertz CT molecular complexity index is 1390. The van der Waals surface area contributed by atoms with Crippen LogP contribution in [-0.2, 0) is 4.79 Å². The molecule has 3 aromatic carbocycles. The molecule has 0 spiro atoms. The summed E-state index contributed by atoms with van der Waals surface area (Å²) in [7, 11) is 0. The number of hydrogen-bond donors (Lipinski definition) is 1. The molecule has 166 valence electrons. The van der Waals surface area contributed by atoms with E-state index in [1.807, 2.05) is 30.3 Å². The number of benzene rings is 3. The Morgan fingerprint density at radius 1 is 0.970 bits per heavy atom. The summed E-state index contributed by atoms with van der Waals surface area (Å²) in [6.07, 6.45) is 0. The van der Waals surface area contributed by atoms with Gasteiger partial charge >= 0.3 is 0 Å². The summed E-state index contributed by atoms with van der Waals surface area (Å²) in [6.45, 7) is 2.53. The molecule has 0 radical (unpaired) electrons. The molecule has 0 fully saturated rings. The van der Waals surface area contributed by atoms with Crippen LogP contribution in [0.25, 0.3) is 22.1 Å². The Hall–Kier alpha value is -4.26. The summed E-state index contributed by atoms with van der Waals surface area (Å²) in [5, 5.41) is 3.22. The molecule has 4 aromatic rings. The molecule has 5 rings (SSSR count). The van der Waals surface area contributed by atoms with E-state index < -0.39 is 0 Å². The minimum atomic E-state index is -0.330. The average molecular weight is 443 g/mol. The minimum Gasteiger partial charge on any atom is -0.486 e. The maximum Gasteiger partial charge on any atom is 0.262 e. The average Bonchev–Trinajstić information content (AvgIpc) is 2.83. The monoisotopic (exact) mass is 443 g/mol. The van der Waals surface area contributed by atoms with E-state index in [1.165, 1.54) is 0 Å². The van der Waals surface area contributed by atoms with Gasteiger partial charge in [-0.05, 0) is 36.8 Å². The standard InChI is InChI=1S/C26H21NO6/c1-16-25(17-5-3-2-4-6-17)26(29)20-9-8-19(14-22(20)33-16)32-15-24(28)27-18-7-10-21-23(13-18)31-12-11-30-21/h2-10,13-14H,11-12,15H2,1H3,(H,27,28). The van der Waals surface area contributed by atoms with Gasteiger partial charge in [-0.25, -0.2) is 0 Å². The van der Waals surface area contributed by atoms with Crippen molar-refractivity contribution >= 4 is 22.6 Å². The number of anilines is 1. The lowest BCUT2D eigenvalue weighted by Crippen LogP contribution is -2.21. The van der Waals surface area contributed by atoms with Gasteiger partial charge in [0.15, 0.2) is 18.1 Å². The van der Waals surface area contributed by atoms with E-state index in [0.717, 1.165) is 5.56 Å². The molecule has 7 heteroatoms. The Balaban J connectivity index is 1.30. The summed E-state index contributed by atoms with van der Waals surface area (Å²) >= 11 is 0. The van der Waals surface area contributed by atoms with Crippen LogP contribution >= 0.6 is 0 Å². The Morgan fingerprint density at radius 3 is 2.58 bits per heavy atom. The van der Waals surface area contributed by atoms with Crippen molar-refractivity contribution in [2.75, 3.05) is 25.1 Å². The van der Waals surface area contributed by atoms with Crippen molar-refractivity contribution in [3.63, 3.8) is 0 Å². The molecule has 1 N–H and O–H groups in total. The predicted molar refractivity (Wildman–Crippen MR) is 124 cm³/mol. The molecule has 1 aromatic heterocycles. The van der Waals surface area contributed by atoms with Crippen molar-refractivity contribution in [3.05, 3.63) is 82.7 Å². The zero-order valence-corrected chi connectivity index (χ0v) is 17.9. The molecular weight excluding hydrogens is 422 g/mol. The first-order chi connectivity index (χ1) is 16.1. The van der Waals surface area contributed by atoms with Crippen LogP contribution < -0.4 is 25.0 Å². The van der Waals surface area contributed by atoms with Crippen LogP contribution in [0, 0.1) is 6.92 Å². The molecule has 0 aliphatic carbocycles. The van der Waals surface area contributed by atoms with Gasteiger partial charge in [-0.1, -0.05) is 30.3 Å². The summed E-state index contributed by atoms with van der Waals surface area (Å²) in [4.78, 5) is 25.4. The van der Waals surface area contributed by atoms with Crippen molar-refractivity contribution < 1.29 is 23.4 Å². The fourth-order valence-electron chi connectivity index (χ4n) is 3.78. The van der Waals surface area contributed by atoms with E-state index >= 15 is 0 Å². The third-order valence-corrected chi connectivity index (χ3v) is 5.30. The third kappa shape index (κ3) is 4.25. The molecule has 0 bridgehead atoms. The molecule has 1 amide bonds. The first-order valence-electron chi connectivity index (χ1n) is 10.5. The number of hydrogen-bond acceptors (Lipinski definition) is 6. The molecule has 33 heavy (non-hydrogen) atoms. The maximum absolute atomic E-state index is 13.0. The smallest absolute Gasteiger partial charge is 0.262 e. The van der Waals surface area contributed by atoms with Gasteiger partial charge in [0.25, 0.3) is 5.91 Å². The molecule has 2 heterocycles.